The van der Waals surface area contributed by atoms with Crippen LogP contribution in [0, 0.1) is 0 Å². The van der Waals surface area contributed by atoms with E-state index in [1.54, 1.807) is 0 Å². The van der Waals surface area contributed by atoms with Crippen LogP contribution in [0.25, 0.3) is 0 Å². The Morgan fingerprint density at radius 3 is 2.41 bits per heavy atom. The fraction of sp³-hybridized carbons (Fsp3) is 0.500. The first-order valence-corrected chi connectivity index (χ1v) is 13.8. The van der Waals surface area contributed by atoms with Gasteiger partial charge in [0.15, 0.2) is 11.8 Å². The van der Waals surface area contributed by atoms with E-state index in [0.29, 0.717) is 0 Å². The highest BCUT2D eigenvalue weighted by molar-refractivity contribution is 8.08. The van der Waals surface area contributed by atoms with Gasteiger partial charge in [0, 0.05) is 12.3 Å². The van der Waals surface area contributed by atoms with E-state index in [0.717, 1.165) is 16.8 Å². The topological polar surface area (TPSA) is 247 Å². The molecule has 1 aliphatic rings. The first-order valence-electron chi connectivity index (χ1n) is 8.20. The monoisotopic (exact) mass is 540 g/mol. The SMILES string of the molecule is C=C(C)C1(O)[C@@H](O)[C@@H](COP(O)(=S)OP(=O)(O)OP(=O)(O)O)O[C@H]1n1ccc(=O)[nH]c1=O. The van der Waals surface area contributed by atoms with E-state index < -0.39 is 64.3 Å². The molecule has 1 saturated heterocycles. The van der Waals surface area contributed by atoms with Crippen molar-refractivity contribution in [3.8, 4) is 0 Å². The molecule has 32 heavy (non-hydrogen) atoms. The summed E-state index contributed by atoms with van der Waals surface area (Å²) in [6.07, 6.45) is -4.05. The van der Waals surface area contributed by atoms with Crippen LogP contribution >= 0.6 is 22.4 Å². The van der Waals surface area contributed by atoms with Gasteiger partial charge in [-0.2, -0.15) is 4.31 Å². The van der Waals surface area contributed by atoms with Gasteiger partial charge in [-0.3, -0.25) is 14.3 Å². The summed E-state index contributed by atoms with van der Waals surface area (Å²) in [6.45, 7) is -0.757. The van der Waals surface area contributed by atoms with Crippen LogP contribution in [0.5, 0.6) is 0 Å². The molecule has 2 rings (SSSR count). The van der Waals surface area contributed by atoms with Crippen molar-refractivity contribution in [2.75, 3.05) is 6.61 Å². The maximum absolute atomic E-state index is 12.1. The summed E-state index contributed by atoms with van der Waals surface area (Å²) in [5.74, 6) is 0. The maximum atomic E-state index is 12.1. The first kappa shape index (κ1) is 27.4. The Hall–Kier alpha value is -0.870. The van der Waals surface area contributed by atoms with Crippen molar-refractivity contribution in [1.82, 2.24) is 9.55 Å². The van der Waals surface area contributed by atoms with Crippen LogP contribution in [0.15, 0.2) is 34.0 Å². The summed E-state index contributed by atoms with van der Waals surface area (Å²) in [5.41, 5.74) is -4.11. The Labute approximate surface area is 183 Å². The minimum Gasteiger partial charge on any atom is -0.387 e. The molecule has 0 aromatic carbocycles. The number of rotatable bonds is 9. The average Bonchev–Trinajstić information content (AvgIpc) is 2.83. The highest BCUT2D eigenvalue weighted by Crippen LogP contribution is 2.66. The Morgan fingerprint density at radius 1 is 1.31 bits per heavy atom. The fourth-order valence-electron chi connectivity index (χ4n) is 2.73. The van der Waals surface area contributed by atoms with Gasteiger partial charge >= 0.3 is 28.1 Å². The van der Waals surface area contributed by atoms with Crippen molar-refractivity contribution in [1.29, 1.82) is 0 Å². The van der Waals surface area contributed by atoms with E-state index in [-0.39, 0.29) is 5.57 Å². The summed E-state index contributed by atoms with van der Waals surface area (Å²) >= 11 is 4.47. The van der Waals surface area contributed by atoms with Gasteiger partial charge in [-0.1, -0.05) is 6.58 Å². The number of nitrogens with one attached hydrogen (secondary N) is 1. The van der Waals surface area contributed by atoms with Crippen LogP contribution in [0.2, 0.25) is 0 Å². The lowest BCUT2D eigenvalue weighted by Gasteiger charge is -2.32. The highest BCUT2D eigenvalue weighted by atomic mass is 32.5. The lowest BCUT2D eigenvalue weighted by molar-refractivity contribution is -0.0869. The molecule has 182 valence electrons. The number of hydrogen-bond donors (Lipinski definition) is 7. The molecule has 1 aromatic heterocycles. The van der Waals surface area contributed by atoms with Gasteiger partial charge in [0.1, 0.15) is 12.2 Å². The largest absolute Gasteiger partial charge is 0.488 e. The first-order chi connectivity index (χ1) is 14.4. The van der Waals surface area contributed by atoms with Gasteiger partial charge in [-0.25, -0.2) is 18.2 Å². The lowest BCUT2D eigenvalue weighted by atomic mass is 9.87. The predicted molar refractivity (Wildman–Crippen MR) is 107 cm³/mol. The maximum Gasteiger partial charge on any atom is 0.488 e. The summed E-state index contributed by atoms with van der Waals surface area (Å²) in [7, 11) is -11.1. The fourth-order valence-corrected chi connectivity index (χ4v) is 6.70. The number of aliphatic hydroxyl groups is 2. The van der Waals surface area contributed by atoms with Crippen molar-refractivity contribution in [3.05, 3.63) is 45.3 Å². The molecular weight excluding hydrogens is 521 g/mol. The van der Waals surface area contributed by atoms with Crippen LogP contribution in [-0.2, 0) is 38.8 Å². The molecular formula is C12H19N2O14P3S. The zero-order chi connectivity index (χ0) is 24.7. The van der Waals surface area contributed by atoms with Gasteiger partial charge in [0.2, 0.25) is 0 Å². The van der Waals surface area contributed by atoms with Gasteiger partial charge in [-0.15, -0.1) is 0 Å². The van der Waals surface area contributed by atoms with Gasteiger partial charge in [0.05, 0.1) is 6.61 Å². The number of ether oxygens (including phenoxy) is 1. The Bertz CT molecular complexity index is 1140. The Kier molecular flexibility index (Phi) is 8.05. The average molecular weight is 540 g/mol. The third-order valence-corrected chi connectivity index (χ3v) is 8.81. The second-order valence-corrected chi connectivity index (χ2v) is 12.3. The minimum atomic E-state index is -5.56. The molecule has 1 aliphatic heterocycles. The van der Waals surface area contributed by atoms with Crippen molar-refractivity contribution in [3.63, 3.8) is 0 Å². The summed E-state index contributed by atoms with van der Waals surface area (Å²) in [5, 5.41) is 21.5. The Balaban J connectivity index is 2.24. The van der Waals surface area contributed by atoms with Crippen LogP contribution in [0.3, 0.4) is 0 Å². The molecule has 3 unspecified atom stereocenters. The van der Waals surface area contributed by atoms with Gasteiger partial charge < -0.3 is 39.0 Å². The van der Waals surface area contributed by atoms with E-state index >= 15 is 0 Å². The molecule has 0 spiro atoms. The minimum absolute atomic E-state index is 0.0646. The van der Waals surface area contributed by atoms with Crippen molar-refractivity contribution in [2.45, 2.75) is 31.0 Å². The standard InChI is InChI=1S/C12H19N2O14P3S/c1-6(2)12(18)9(16)7(26-10(12)14-4-3-8(15)13-11(14)17)5-25-31(24,32)28-30(22,23)27-29(19,20)21/h3-4,7,9-10,16,18H,1,5H2,2H3,(H,22,23)(H,24,32)(H,13,15,17)(H2,19,20,21)/t7-,9+,10-,12?,31?/m1/s1. The van der Waals surface area contributed by atoms with Crippen LogP contribution < -0.4 is 11.2 Å². The summed E-state index contributed by atoms with van der Waals surface area (Å²) in [4.78, 5) is 61.6. The smallest absolute Gasteiger partial charge is 0.387 e. The molecule has 6 atom stereocenters. The van der Waals surface area contributed by atoms with Crippen LogP contribution in [-0.4, -0.2) is 63.8 Å². The number of nitrogens with zero attached hydrogens (tertiary/aromatic N) is 1. The van der Waals surface area contributed by atoms with Crippen LogP contribution in [0.1, 0.15) is 13.2 Å². The number of H-pyrrole nitrogens is 1. The third-order valence-electron chi connectivity index (χ3n) is 4.09. The van der Waals surface area contributed by atoms with Gasteiger partial charge in [0.25, 0.3) is 5.56 Å². The zero-order valence-corrected chi connectivity index (χ0v) is 19.4. The molecule has 0 amide bonds. The number of aromatic amines is 1. The predicted octanol–water partition coefficient (Wildman–Crippen LogP) is -1.44. The van der Waals surface area contributed by atoms with Crippen molar-refractivity contribution >= 4 is 34.2 Å². The number of hydrogen-bond acceptors (Lipinski definition) is 11. The quantitative estimate of drug-likeness (QED) is 0.140. The second-order valence-electron chi connectivity index (χ2n) is 6.48. The van der Waals surface area contributed by atoms with Crippen molar-refractivity contribution in [2.24, 2.45) is 0 Å². The highest BCUT2D eigenvalue weighted by Gasteiger charge is 2.57. The summed E-state index contributed by atoms with van der Waals surface area (Å²) < 4.78 is 40.7. The number of aliphatic hydroxyl groups excluding tert-OH is 1. The molecule has 0 bridgehead atoms. The number of phosphoric acid groups is 2. The molecule has 2 heterocycles. The van der Waals surface area contributed by atoms with E-state index in [9.17, 15) is 38.7 Å². The van der Waals surface area contributed by atoms with Gasteiger partial charge in [-0.05, 0) is 24.3 Å². The molecule has 0 saturated carbocycles. The Morgan fingerprint density at radius 2 is 1.91 bits per heavy atom. The van der Waals surface area contributed by atoms with E-state index in [4.69, 9.17) is 19.0 Å². The van der Waals surface area contributed by atoms with E-state index in [2.05, 4.69) is 27.0 Å². The second kappa shape index (κ2) is 9.41. The molecule has 1 aromatic rings. The van der Waals surface area contributed by atoms with E-state index in [1.165, 1.54) is 6.92 Å². The summed E-state index contributed by atoms with van der Waals surface area (Å²) in [6, 6.07) is 0.945. The molecule has 7 N–H and O–H groups in total. The van der Waals surface area contributed by atoms with Crippen molar-refractivity contribution < 1.29 is 56.8 Å². The molecule has 0 radical (unpaired) electrons. The number of aromatic nitrogens is 2. The van der Waals surface area contributed by atoms with Crippen LogP contribution in [0.4, 0.5) is 0 Å². The molecule has 16 nitrogen and oxygen atoms in total. The third kappa shape index (κ3) is 6.38. The normalized spacial score (nSPS) is 29.9. The molecule has 0 aliphatic carbocycles. The molecule has 20 heteroatoms. The van der Waals surface area contributed by atoms with E-state index in [1.807, 2.05) is 4.98 Å². The molecule has 1 fully saturated rings. The zero-order valence-electron chi connectivity index (χ0n) is 15.9. The lowest BCUT2D eigenvalue weighted by Crippen LogP contribution is -2.49.